The summed E-state index contributed by atoms with van der Waals surface area (Å²) in [6.45, 7) is 2.95. The highest BCUT2D eigenvalue weighted by Crippen LogP contribution is 2.23. The van der Waals surface area contributed by atoms with Crippen LogP contribution >= 0.6 is 11.6 Å². The maximum absolute atomic E-state index is 15.3. The zero-order chi connectivity index (χ0) is 70.0. The topological polar surface area (TPSA) is 458 Å². The van der Waals surface area contributed by atoms with E-state index in [2.05, 4.69) is 68.5 Å². The molecule has 516 valence electrons. The molecule has 5 aromatic rings. The van der Waals surface area contributed by atoms with E-state index in [0.717, 1.165) is 17.7 Å². The molecule has 4 heterocycles. The molecule has 0 spiro atoms. The van der Waals surface area contributed by atoms with Crippen LogP contribution in [0.4, 0.5) is 0 Å². The van der Waals surface area contributed by atoms with Gasteiger partial charge in [0.05, 0.1) is 12.8 Å². The minimum absolute atomic E-state index is 0.00170. The third kappa shape index (κ3) is 20.4. The Labute approximate surface area is 562 Å². The van der Waals surface area contributed by atoms with Gasteiger partial charge in [-0.05, 0) is 83.7 Å². The first kappa shape index (κ1) is 72.2. The van der Waals surface area contributed by atoms with Gasteiger partial charge in [0.1, 0.15) is 60.4 Å². The number of amides is 12. The summed E-state index contributed by atoms with van der Waals surface area (Å²) in [7, 11) is 0. The number of rotatable bonds is 14. The number of carbonyl (C=O) groups is 13. The molecule has 0 saturated carbocycles. The smallest absolute Gasteiger partial charge is 0.328 e. The van der Waals surface area contributed by atoms with Gasteiger partial charge >= 0.3 is 5.97 Å². The summed E-state index contributed by atoms with van der Waals surface area (Å²) in [6.07, 6.45) is -0.781. The number of halogens is 1. The number of aliphatic imine (C=N–C) groups is 1. The van der Waals surface area contributed by atoms with Crippen molar-refractivity contribution in [1.82, 2.24) is 68.4 Å². The summed E-state index contributed by atoms with van der Waals surface area (Å²) >= 11 is 6.21. The Morgan fingerprint density at radius 3 is 1.91 bits per heavy atom. The predicted octanol–water partition coefficient (Wildman–Crippen LogP) is -1.40. The first-order valence-electron chi connectivity index (χ1n) is 31.9. The normalized spacial score (nSPS) is 24.2. The highest BCUT2D eigenvalue weighted by atomic mass is 35.5. The fraction of sp³-hybridized carbons (Fsp3) is 0.424. The molecule has 31 heteroatoms. The molecule has 0 radical (unpaired) electrons. The van der Waals surface area contributed by atoms with E-state index >= 15 is 19.2 Å². The minimum atomic E-state index is -2.04. The molecule has 3 aliphatic rings. The van der Waals surface area contributed by atoms with Gasteiger partial charge in [0.15, 0.2) is 5.96 Å². The van der Waals surface area contributed by atoms with E-state index in [1.807, 2.05) is 18.2 Å². The van der Waals surface area contributed by atoms with Crippen LogP contribution in [0.2, 0.25) is 5.02 Å². The second kappa shape index (κ2) is 33.6. The van der Waals surface area contributed by atoms with E-state index in [4.69, 9.17) is 23.1 Å². The van der Waals surface area contributed by atoms with Crippen molar-refractivity contribution in [3.05, 3.63) is 119 Å². The lowest BCUT2D eigenvalue weighted by molar-refractivity contribution is -0.145. The van der Waals surface area contributed by atoms with Gasteiger partial charge < -0.3 is 84.9 Å². The molecule has 30 nitrogen and oxygen atoms in total. The Hall–Kier alpha value is -10.7. The van der Waals surface area contributed by atoms with Crippen molar-refractivity contribution in [1.29, 1.82) is 0 Å². The van der Waals surface area contributed by atoms with Crippen LogP contribution < -0.4 is 70.0 Å². The number of guanidine groups is 1. The third-order valence-electron chi connectivity index (χ3n) is 16.7. The second-order valence-corrected chi connectivity index (χ2v) is 25.1. The first-order valence-corrected chi connectivity index (χ1v) is 32.3. The molecule has 1 aromatic heterocycles. The number of para-hydroxylation sites is 1. The number of carboxylic acid groups (broad SMARTS) is 1. The molecular formula is C66H81ClN16O14. The molecule has 12 amide bonds. The predicted molar refractivity (Wildman–Crippen MR) is 355 cm³/mol. The van der Waals surface area contributed by atoms with Crippen LogP contribution in [0.25, 0.3) is 21.7 Å². The highest BCUT2D eigenvalue weighted by Gasteiger charge is 2.42. The Morgan fingerprint density at radius 2 is 1.21 bits per heavy atom. The Bertz CT molecular complexity index is 3820. The molecule has 3 fully saturated rings. The SMILES string of the molecule is CC(=O)N[C@@H]1CC(=O)NC[C@H]2NC(=O)[C@H](CC(=O)NC[C@@H](C(=O)O)NC(=O)[C@@H]3CCCN3C(=O)[C@H](CCCN=C(N)N)NC(=O)[C@H](CC(C)C)NC(=O)[C@@H](Cc3ccc4ccccc4c3)NC2=O)NC(=O)[C@@H](Cc2c[nH]c3ccccc23)NC(=O)[C@@H](Cc2ccc(Cl)cc2)NC1=O. The largest absolute Gasteiger partial charge is 0.480 e. The van der Waals surface area contributed by atoms with Gasteiger partial charge in [0, 0.05) is 74.5 Å². The Kier molecular flexibility index (Phi) is 25.0. The highest BCUT2D eigenvalue weighted by molar-refractivity contribution is 6.30. The van der Waals surface area contributed by atoms with Crippen LogP contribution in [0.1, 0.15) is 82.4 Å². The average molecular weight is 1360 g/mol. The summed E-state index contributed by atoms with van der Waals surface area (Å²) in [6, 6.07) is 9.29. The number of aromatic nitrogens is 1. The lowest BCUT2D eigenvalue weighted by Gasteiger charge is -2.31. The van der Waals surface area contributed by atoms with Crippen LogP contribution in [0.5, 0.6) is 0 Å². The number of H-pyrrole nitrogens is 1. The first-order chi connectivity index (χ1) is 46.3. The van der Waals surface area contributed by atoms with Gasteiger partial charge in [-0.1, -0.05) is 98.2 Å². The maximum atomic E-state index is 15.3. The summed E-state index contributed by atoms with van der Waals surface area (Å²) in [5.41, 5.74) is 13.2. The van der Waals surface area contributed by atoms with Gasteiger partial charge in [0.25, 0.3) is 0 Å². The van der Waals surface area contributed by atoms with E-state index in [9.17, 15) is 48.3 Å². The van der Waals surface area contributed by atoms with Gasteiger partial charge in [-0.3, -0.25) is 62.5 Å². The number of hydrogen-bond donors (Lipinski definition) is 15. The van der Waals surface area contributed by atoms with Crippen molar-refractivity contribution in [2.75, 3.05) is 26.2 Å². The molecule has 2 bridgehead atoms. The fourth-order valence-corrected chi connectivity index (χ4v) is 11.9. The number of nitrogens with two attached hydrogens (primary N) is 2. The van der Waals surface area contributed by atoms with Gasteiger partial charge in [-0.2, -0.15) is 0 Å². The standard InChI is InChI=1S/C66H81ClN16O14/c1-34(2)24-45-56(87)75-44(14-8-22-70-66(68)69)64(95)83-23-9-15-53(83)63(94)82-52(65(96)97)33-73-55(86)30-50-61(92)81-51(62(93)78-47(58(89)76-45)27-37-16-19-38-10-4-5-11-39(38)25-37)32-72-54(85)29-49(74-35(3)84)60(91)77-46(26-36-17-20-41(67)21-18-36)57(88)79-48(59(90)80-50)28-40-31-71-43-13-7-6-12-42(40)43/h4-7,10-13,16-21,25,31,34,44-53,71H,8-9,14-15,22-24,26-30,32-33H2,1-3H3,(H,72,85)(H,73,86)(H,74,84)(H,75,87)(H,76,89)(H,77,91)(H,78,93)(H,79,88)(H,80,90)(H,81,92)(H,82,94)(H,96,97)(H4,68,69,70)/t44-,45-,46+,47+,48+,49+,50-,51+,52-,53-/m0/s1. The monoisotopic (exact) mass is 1360 g/mol. The van der Waals surface area contributed by atoms with Crippen molar-refractivity contribution < 1.29 is 67.4 Å². The number of fused-ring (bicyclic) bond motifs is 6. The molecule has 10 atom stereocenters. The van der Waals surface area contributed by atoms with Crippen molar-refractivity contribution in [3.63, 3.8) is 0 Å². The lowest BCUT2D eigenvalue weighted by atomic mass is 9.98. The van der Waals surface area contributed by atoms with E-state index < -0.39 is 163 Å². The van der Waals surface area contributed by atoms with E-state index in [1.165, 1.54) is 17.0 Å². The number of carbonyl (C=O) groups excluding carboxylic acids is 12. The van der Waals surface area contributed by atoms with Crippen LogP contribution in [-0.2, 0) is 81.6 Å². The van der Waals surface area contributed by atoms with Gasteiger partial charge in [0.2, 0.25) is 70.9 Å². The van der Waals surface area contributed by atoms with E-state index in [1.54, 1.807) is 80.7 Å². The van der Waals surface area contributed by atoms with Crippen LogP contribution in [0.15, 0.2) is 102 Å². The number of carboxylic acids is 1. The number of aromatic amines is 1. The summed E-state index contributed by atoms with van der Waals surface area (Å²) in [4.78, 5) is 196. The molecule has 3 saturated heterocycles. The molecule has 0 unspecified atom stereocenters. The molecular weight excluding hydrogens is 1280 g/mol. The third-order valence-corrected chi connectivity index (χ3v) is 17.0. The van der Waals surface area contributed by atoms with Gasteiger partial charge in [-0.15, -0.1) is 0 Å². The number of aliphatic carboxylic acids is 1. The number of hydrogen-bond acceptors (Lipinski definition) is 14. The number of benzene rings is 4. The summed E-state index contributed by atoms with van der Waals surface area (Å²) in [5.74, 6) is -14.1. The zero-order valence-electron chi connectivity index (χ0n) is 53.7. The number of nitrogens with one attached hydrogen (secondary N) is 12. The van der Waals surface area contributed by atoms with Crippen molar-refractivity contribution >= 4 is 116 Å². The van der Waals surface area contributed by atoms with E-state index in [-0.39, 0.29) is 76.3 Å². The summed E-state index contributed by atoms with van der Waals surface area (Å²) in [5, 5.41) is 41.2. The van der Waals surface area contributed by atoms with Gasteiger partial charge in [-0.25, -0.2) is 4.79 Å². The zero-order valence-corrected chi connectivity index (χ0v) is 54.4. The fourth-order valence-electron chi connectivity index (χ4n) is 11.8. The second-order valence-electron chi connectivity index (χ2n) is 24.6. The summed E-state index contributed by atoms with van der Waals surface area (Å²) < 4.78 is 0. The minimum Gasteiger partial charge on any atom is -0.480 e. The molecule has 3 aliphatic heterocycles. The Morgan fingerprint density at radius 1 is 0.629 bits per heavy atom. The molecule has 8 rings (SSSR count). The van der Waals surface area contributed by atoms with E-state index in [0.29, 0.717) is 32.6 Å². The Balaban J connectivity index is 1.24. The quantitative estimate of drug-likeness (QED) is 0.0345. The lowest BCUT2D eigenvalue weighted by Crippen LogP contribution is -2.62. The number of nitrogens with zero attached hydrogens (tertiary/aromatic N) is 2. The molecule has 97 heavy (non-hydrogen) atoms. The maximum Gasteiger partial charge on any atom is 0.328 e. The molecule has 4 aromatic carbocycles. The van der Waals surface area contributed by atoms with Crippen molar-refractivity contribution in [3.8, 4) is 0 Å². The van der Waals surface area contributed by atoms with Crippen LogP contribution in [0.3, 0.4) is 0 Å². The van der Waals surface area contributed by atoms with Crippen molar-refractivity contribution in [2.45, 2.75) is 145 Å². The molecule has 0 aliphatic carbocycles. The van der Waals surface area contributed by atoms with Crippen LogP contribution in [-0.4, -0.2) is 184 Å². The average Bonchev–Trinajstić information content (AvgIpc) is 1.77. The van der Waals surface area contributed by atoms with Crippen molar-refractivity contribution in [2.24, 2.45) is 22.4 Å². The molecule has 17 N–H and O–H groups in total. The van der Waals surface area contributed by atoms with Crippen LogP contribution in [0, 0.1) is 5.92 Å².